The summed E-state index contributed by atoms with van der Waals surface area (Å²) in [6.07, 6.45) is 3.36. The molecule has 21 heavy (non-hydrogen) atoms. The lowest BCUT2D eigenvalue weighted by molar-refractivity contribution is 0.600. The molecular weight excluding hydrogens is 310 g/mol. The van der Waals surface area contributed by atoms with Gasteiger partial charge < -0.3 is 0 Å². The van der Waals surface area contributed by atoms with Crippen molar-refractivity contribution < 1.29 is 8.42 Å². The minimum Gasteiger partial charge on any atom is -0.283 e. The quantitative estimate of drug-likeness (QED) is 0.803. The number of rotatable bonds is 4. The molecule has 0 saturated carbocycles. The first kappa shape index (κ1) is 13.9. The summed E-state index contributed by atoms with van der Waals surface area (Å²) in [7, 11) is -3.48. The number of nitrogens with one attached hydrogen (secondary N) is 1. The molecule has 2 aromatic heterocycles. The Labute approximate surface area is 127 Å². The molecule has 0 fully saturated rings. The fraction of sp³-hybridized carbons (Fsp3) is 0.0714. The largest absolute Gasteiger partial charge is 0.283 e. The van der Waals surface area contributed by atoms with Gasteiger partial charge in [-0.05, 0) is 35.9 Å². The van der Waals surface area contributed by atoms with Crippen molar-refractivity contribution in [3.63, 3.8) is 0 Å². The summed E-state index contributed by atoms with van der Waals surface area (Å²) in [4.78, 5) is 0. The maximum absolute atomic E-state index is 12.2. The minimum atomic E-state index is -3.48. The van der Waals surface area contributed by atoms with Crippen molar-refractivity contribution in [3.05, 3.63) is 65.4 Å². The van der Waals surface area contributed by atoms with Crippen LogP contribution < -0.4 is 4.72 Å². The smallest absolute Gasteiger partial charge is 0.236 e. The van der Waals surface area contributed by atoms with Crippen LogP contribution in [0.3, 0.4) is 0 Å². The van der Waals surface area contributed by atoms with E-state index in [0.717, 1.165) is 5.52 Å². The van der Waals surface area contributed by atoms with E-state index in [4.69, 9.17) is 11.6 Å². The predicted octanol–water partition coefficient (Wildman–Crippen LogP) is 2.93. The van der Waals surface area contributed by atoms with Crippen molar-refractivity contribution in [2.75, 3.05) is 4.72 Å². The van der Waals surface area contributed by atoms with Crippen LogP contribution in [-0.2, 0) is 15.8 Å². The molecule has 7 heteroatoms. The number of pyridine rings is 1. The van der Waals surface area contributed by atoms with Gasteiger partial charge in [0.25, 0.3) is 0 Å². The van der Waals surface area contributed by atoms with Gasteiger partial charge in [0.1, 0.15) is 0 Å². The van der Waals surface area contributed by atoms with E-state index in [0.29, 0.717) is 16.3 Å². The van der Waals surface area contributed by atoms with Crippen LogP contribution in [0.4, 0.5) is 5.69 Å². The number of aromatic nitrogens is 2. The van der Waals surface area contributed by atoms with E-state index in [1.165, 1.54) is 0 Å². The number of fused-ring (bicyclic) bond motifs is 1. The molecule has 108 valence electrons. The molecule has 0 aliphatic heterocycles. The maximum Gasteiger partial charge on any atom is 0.236 e. The average Bonchev–Trinajstić information content (AvgIpc) is 2.88. The van der Waals surface area contributed by atoms with E-state index in [1.807, 2.05) is 0 Å². The Morgan fingerprint density at radius 1 is 1.14 bits per heavy atom. The Morgan fingerprint density at radius 2 is 1.90 bits per heavy atom. The van der Waals surface area contributed by atoms with Crippen molar-refractivity contribution in [1.82, 2.24) is 9.61 Å². The van der Waals surface area contributed by atoms with Crippen LogP contribution in [0.2, 0.25) is 5.02 Å². The summed E-state index contributed by atoms with van der Waals surface area (Å²) in [5.74, 6) is -0.103. The van der Waals surface area contributed by atoms with E-state index < -0.39 is 10.0 Å². The molecule has 0 atom stereocenters. The van der Waals surface area contributed by atoms with Gasteiger partial charge in [-0.1, -0.05) is 23.7 Å². The highest BCUT2D eigenvalue weighted by Gasteiger charge is 2.12. The second-order valence-corrected chi connectivity index (χ2v) is 6.76. The van der Waals surface area contributed by atoms with E-state index in [2.05, 4.69) is 9.82 Å². The molecule has 0 unspecified atom stereocenters. The normalized spacial score (nSPS) is 11.7. The van der Waals surface area contributed by atoms with Gasteiger partial charge in [0.15, 0.2) is 0 Å². The Morgan fingerprint density at radius 3 is 2.67 bits per heavy atom. The molecule has 0 radical (unpaired) electrons. The Balaban J connectivity index is 1.80. The summed E-state index contributed by atoms with van der Waals surface area (Å²) in [5.41, 5.74) is 2.01. The second kappa shape index (κ2) is 5.38. The molecule has 0 spiro atoms. The molecule has 1 N–H and O–H groups in total. The number of halogens is 1. The summed E-state index contributed by atoms with van der Waals surface area (Å²) in [6, 6.07) is 11.9. The van der Waals surface area contributed by atoms with Gasteiger partial charge in [0.2, 0.25) is 10.0 Å². The highest BCUT2D eigenvalue weighted by atomic mass is 35.5. The van der Waals surface area contributed by atoms with Gasteiger partial charge >= 0.3 is 0 Å². The molecule has 2 heterocycles. The topological polar surface area (TPSA) is 63.5 Å². The fourth-order valence-corrected chi connectivity index (χ4v) is 3.32. The third-order valence-electron chi connectivity index (χ3n) is 2.94. The van der Waals surface area contributed by atoms with Crippen LogP contribution in [0.1, 0.15) is 5.56 Å². The number of anilines is 1. The van der Waals surface area contributed by atoms with Gasteiger partial charge in [-0.3, -0.25) is 4.72 Å². The number of sulfonamides is 1. The maximum atomic E-state index is 12.2. The van der Waals surface area contributed by atoms with Crippen LogP contribution in [0.25, 0.3) is 5.52 Å². The third kappa shape index (κ3) is 3.34. The molecular formula is C14H12ClN3O2S. The minimum absolute atomic E-state index is 0.103. The van der Waals surface area contributed by atoms with Crippen molar-refractivity contribution in [2.45, 2.75) is 5.75 Å². The molecule has 3 aromatic rings. The molecule has 0 saturated heterocycles. The van der Waals surface area contributed by atoms with Crippen molar-refractivity contribution in [3.8, 4) is 0 Å². The van der Waals surface area contributed by atoms with Crippen LogP contribution in [-0.4, -0.2) is 18.0 Å². The molecule has 0 aliphatic rings. The first-order chi connectivity index (χ1) is 10.0. The molecule has 0 bridgehead atoms. The fourth-order valence-electron chi connectivity index (χ4n) is 2.00. The summed E-state index contributed by atoms with van der Waals surface area (Å²) < 4.78 is 28.5. The van der Waals surface area contributed by atoms with Crippen molar-refractivity contribution >= 4 is 32.8 Å². The molecule has 3 rings (SSSR count). The Bertz CT molecular complexity index is 873. The van der Waals surface area contributed by atoms with Gasteiger partial charge in [0, 0.05) is 17.4 Å². The highest BCUT2D eigenvalue weighted by Crippen LogP contribution is 2.16. The lowest BCUT2D eigenvalue weighted by Crippen LogP contribution is -2.15. The van der Waals surface area contributed by atoms with Gasteiger partial charge in [0.05, 0.1) is 17.0 Å². The summed E-state index contributed by atoms with van der Waals surface area (Å²) >= 11 is 5.78. The lowest BCUT2D eigenvalue weighted by atomic mass is 10.2. The number of hydrogen-bond donors (Lipinski definition) is 1. The highest BCUT2D eigenvalue weighted by molar-refractivity contribution is 7.91. The number of nitrogens with zero attached hydrogens (tertiary/aromatic N) is 2. The monoisotopic (exact) mass is 321 g/mol. The second-order valence-electron chi connectivity index (χ2n) is 4.60. The molecule has 0 aliphatic carbocycles. The lowest BCUT2D eigenvalue weighted by Gasteiger charge is -2.08. The molecule has 1 aromatic carbocycles. The zero-order valence-corrected chi connectivity index (χ0v) is 12.5. The zero-order chi connectivity index (χ0) is 14.9. The SMILES string of the molecule is O=S(=O)(Cc1ccc(Cl)cc1)Nc1ccn2nccc2c1. The Kier molecular flexibility index (Phi) is 3.57. The Hall–Kier alpha value is -2.05. The zero-order valence-electron chi connectivity index (χ0n) is 10.9. The van der Waals surface area contributed by atoms with Gasteiger partial charge in [-0.25, -0.2) is 12.9 Å². The van der Waals surface area contributed by atoms with Crippen LogP contribution in [0, 0.1) is 0 Å². The standard InChI is InChI=1S/C14H12ClN3O2S/c15-12-3-1-11(2-4-12)10-21(19,20)17-13-6-8-18-14(9-13)5-7-16-18/h1-9,17H,10H2. The molecule has 5 nitrogen and oxygen atoms in total. The summed E-state index contributed by atoms with van der Waals surface area (Å²) in [6.45, 7) is 0. The van der Waals surface area contributed by atoms with E-state index in [9.17, 15) is 8.42 Å². The van der Waals surface area contributed by atoms with Crippen LogP contribution in [0.5, 0.6) is 0 Å². The van der Waals surface area contributed by atoms with Crippen molar-refractivity contribution in [2.24, 2.45) is 0 Å². The van der Waals surface area contributed by atoms with E-state index in [1.54, 1.807) is 59.4 Å². The summed E-state index contributed by atoms with van der Waals surface area (Å²) in [5, 5.41) is 4.64. The first-order valence-electron chi connectivity index (χ1n) is 6.20. The van der Waals surface area contributed by atoms with E-state index >= 15 is 0 Å². The first-order valence-corrected chi connectivity index (χ1v) is 8.23. The van der Waals surface area contributed by atoms with Crippen LogP contribution in [0.15, 0.2) is 54.9 Å². The predicted molar refractivity (Wildman–Crippen MR) is 82.9 cm³/mol. The third-order valence-corrected chi connectivity index (χ3v) is 4.45. The number of hydrogen-bond acceptors (Lipinski definition) is 3. The average molecular weight is 322 g/mol. The molecule has 0 amide bonds. The van der Waals surface area contributed by atoms with Crippen LogP contribution >= 0.6 is 11.6 Å². The van der Waals surface area contributed by atoms with E-state index in [-0.39, 0.29) is 5.75 Å². The van der Waals surface area contributed by atoms with Gasteiger partial charge in [-0.15, -0.1) is 0 Å². The van der Waals surface area contributed by atoms with Gasteiger partial charge in [-0.2, -0.15) is 5.10 Å². The van der Waals surface area contributed by atoms with Crippen molar-refractivity contribution in [1.29, 1.82) is 0 Å². The number of benzene rings is 1.